The van der Waals surface area contributed by atoms with Crippen molar-refractivity contribution in [2.75, 3.05) is 5.32 Å². The molecule has 1 atom stereocenters. The molecule has 0 aliphatic heterocycles. The number of nitrogens with one attached hydrogen (secondary N) is 1. The molecule has 3 aromatic carbocycles. The highest BCUT2D eigenvalue weighted by molar-refractivity contribution is 7.55. The summed E-state index contributed by atoms with van der Waals surface area (Å²) >= 11 is 0. The minimum Gasteiger partial charge on any atom is -0.508 e. The van der Waals surface area contributed by atoms with Crippen molar-refractivity contribution in [3.63, 3.8) is 0 Å². The molecule has 0 saturated heterocycles. The van der Waals surface area contributed by atoms with Crippen LogP contribution in [0.3, 0.4) is 0 Å². The normalized spacial score (nSPS) is 12.0. The molecule has 0 aliphatic rings. The van der Waals surface area contributed by atoms with E-state index in [-0.39, 0.29) is 5.75 Å². The van der Waals surface area contributed by atoms with Gasteiger partial charge in [-0.2, -0.15) is 0 Å². The highest BCUT2D eigenvalue weighted by Crippen LogP contribution is 2.60. The van der Waals surface area contributed by atoms with E-state index in [1.807, 2.05) is 12.1 Å². The first-order valence-electron chi connectivity index (χ1n) is 9.67. The zero-order valence-electron chi connectivity index (χ0n) is 16.5. The molecule has 31 heavy (non-hydrogen) atoms. The van der Waals surface area contributed by atoms with Gasteiger partial charge in [-0.25, -0.2) is 4.57 Å². The van der Waals surface area contributed by atoms with E-state index in [0.717, 1.165) is 0 Å². The lowest BCUT2D eigenvalue weighted by Gasteiger charge is -2.29. The van der Waals surface area contributed by atoms with Gasteiger partial charge in [0.05, 0.1) is 0 Å². The number of benzene rings is 3. The third kappa shape index (κ3) is 5.24. The van der Waals surface area contributed by atoms with Gasteiger partial charge < -0.3 is 19.5 Å². The molecule has 1 unspecified atom stereocenters. The Bertz CT molecular complexity index is 1100. The maximum Gasteiger partial charge on any atom is 0.457 e. The van der Waals surface area contributed by atoms with Gasteiger partial charge in [0.15, 0.2) is 5.78 Å². The number of nitrogens with zero attached hydrogens (tertiary/aromatic N) is 1. The third-order valence-corrected chi connectivity index (χ3v) is 6.43. The standard InChI is InChI=1S/C24H21N2O4P/c27-21-15-13-20(14-16-21)26-24(19-8-7-17-25-18-19)31(28,29-22-9-3-1-4-10-22)30-23-11-5-2-6-12-23/h1-18,24,26-27H. The summed E-state index contributed by atoms with van der Waals surface area (Å²) in [6.07, 6.45) is 3.26. The molecule has 4 aromatic rings. The molecule has 0 radical (unpaired) electrons. The molecule has 1 aromatic heterocycles. The van der Waals surface area contributed by atoms with Crippen LogP contribution in [0.15, 0.2) is 109 Å². The van der Waals surface area contributed by atoms with Crippen LogP contribution in [0.1, 0.15) is 11.3 Å². The molecule has 6 nitrogen and oxygen atoms in total. The van der Waals surface area contributed by atoms with E-state index in [2.05, 4.69) is 10.3 Å². The molecule has 0 bridgehead atoms. The summed E-state index contributed by atoms with van der Waals surface area (Å²) in [5.41, 5.74) is 1.27. The summed E-state index contributed by atoms with van der Waals surface area (Å²) in [6.45, 7) is 0. The Labute approximate surface area is 180 Å². The van der Waals surface area contributed by atoms with Gasteiger partial charge in [0.25, 0.3) is 0 Å². The predicted molar refractivity (Wildman–Crippen MR) is 120 cm³/mol. The molecule has 0 fully saturated rings. The number of pyridine rings is 1. The van der Waals surface area contributed by atoms with Gasteiger partial charge in [0, 0.05) is 23.6 Å². The highest BCUT2D eigenvalue weighted by atomic mass is 31.2. The van der Waals surface area contributed by atoms with Crippen LogP contribution in [-0.2, 0) is 4.57 Å². The van der Waals surface area contributed by atoms with Crippen LogP contribution in [0.25, 0.3) is 0 Å². The first kappa shape index (κ1) is 20.5. The topological polar surface area (TPSA) is 80.7 Å². The Hall–Kier alpha value is -3.76. The van der Waals surface area contributed by atoms with Gasteiger partial charge in [0.1, 0.15) is 17.2 Å². The Morgan fingerprint density at radius 3 is 1.87 bits per heavy atom. The van der Waals surface area contributed by atoms with Gasteiger partial charge in [-0.3, -0.25) is 4.98 Å². The van der Waals surface area contributed by atoms with E-state index in [1.54, 1.807) is 97.3 Å². The van der Waals surface area contributed by atoms with Crippen LogP contribution in [0.4, 0.5) is 5.69 Å². The van der Waals surface area contributed by atoms with E-state index < -0.39 is 13.4 Å². The second-order valence-corrected chi connectivity index (χ2v) is 8.69. The SMILES string of the molecule is O=P(Oc1ccccc1)(Oc1ccccc1)C(Nc1ccc(O)cc1)c1cccnc1. The van der Waals surface area contributed by atoms with Crippen molar-refractivity contribution in [2.45, 2.75) is 5.78 Å². The minimum absolute atomic E-state index is 0.132. The summed E-state index contributed by atoms with van der Waals surface area (Å²) in [5, 5.41) is 12.9. The van der Waals surface area contributed by atoms with E-state index in [0.29, 0.717) is 22.7 Å². The van der Waals surface area contributed by atoms with Gasteiger partial charge in [-0.1, -0.05) is 42.5 Å². The second kappa shape index (κ2) is 9.37. The summed E-state index contributed by atoms with van der Waals surface area (Å²) in [4.78, 5) is 4.18. The number of rotatable bonds is 8. The monoisotopic (exact) mass is 432 g/mol. The maximum absolute atomic E-state index is 14.3. The van der Waals surface area contributed by atoms with Gasteiger partial charge in [-0.15, -0.1) is 0 Å². The number of anilines is 1. The van der Waals surface area contributed by atoms with E-state index in [1.165, 1.54) is 0 Å². The Morgan fingerprint density at radius 1 is 0.774 bits per heavy atom. The number of para-hydroxylation sites is 2. The zero-order chi connectivity index (χ0) is 21.5. The Morgan fingerprint density at radius 2 is 1.35 bits per heavy atom. The lowest BCUT2D eigenvalue weighted by atomic mass is 10.2. The molecule has 0 amide bonds. The van der Waals surface area contributed by atoms with E-state index >= 15 is 0 Å². The highest BCUT2D eigenvalue weighted by Gasteiger charge is 2.41. The number of hydrogen-bond donors (Lipinski definition) is 2. The molecule has 0 saturated carbocycles. The van der Waals surface area contributed by atoms with Crippen molar-refractivity contribution in [2.24, 2.45) is 0 Å². The van der Waals surface area contributed by atoms with Crippen molar-refractivity contribution in [3.05, 3.63) is 115 Å². The maximum atomic E-state index is 14.3. The fourth-order valence-electron chi connectivity index (χ4n) is 2.98. The number of aromatic nitrogens is 1. The largest absolute Gasteiger partial charge is 0.508 e. The molecular formula is C24H21N2O4P. The van der Waals surface area contributed by atoms with Crippen molar-refractivity contribution >= 4 is 13.3 Å². The smallest absolute Gasteiger partial charge is 0.457 e. The second-order valence-electron chi connectivity index (χ2n) is 6.73. The van der Waals surface area contributed by atoms with Crippen LogP contribution >= 0.6 is 7.60 Å². The molecule has 1 heterocycles. The molecule has 156 valence electrons. The van der Waals surface area contributed by atoms with E-state index in [4.69, 9.17) is 9.05 Å². The van der Waals surface area contributed by atoms with Crippen LogP contribution in [-0.4, -0.2) is 10.1 Å². The molecule has 7 heteroatoms. The van der Waals surface area contributed by atoms with Crippen molar-refractivity contribution < 1.29 is 18.7 Å². The van der Waals surface area contributed by atoms with Gasteiger partial charge in [0.2, 0.25) is 0 Å². The molecule has 0 aliphatic carbocycles. The van der Waals surface area contributed by atoms with Crippen LogP contribution in [0.5, 0.6) is 17.2 Å². The Balaban J connectivity index is 1.78. The lowest BCUT2D eigenvalue weighted by Crippen LogP contribution is -2.18. The number of phenolic OH excluding ortho intramolecular Hbond substituents is 1. The van der Waals surface area contributed by atoms with E-state index in [9.17, 15) is 9.67 Å². The predicted octanol–water partition coefficient (Wildman–Crippen LogP) is 6.25. The number of phenols is 1. The third-order valence-electron chi connectivity index (χ3n) is 4.44. The van der Waals surface area contributed by atoms with Crippen LogP contribution in [0.2, 0.25) is 0 Å². The average molecular weight is 432 g/mol. The quantitative estimate of drug-likeness (QED) is 0.253. The van der Waals surface area contributed by atoms with Crippen molar-refractivity contribution in [1.29, 1.82) is 0 Å². The zero-order valence-corrected chi connectivity index (χ0v) is 17.4. The van der Waals surface area contributed by atoms with Crippen LogP contribution in [0, 0.1) is 0 Å². The molecular weight excluding hydrogens is 411 g/mol. The minimum atomic E-state index is -3.89. The lowest BCUT2D eigenvalue weighted by molar-refractivity contribution is 0.376. The molecule has 0 spiro atoms. The summed E-state index contributed by atoms with van der Waals surface area (Å²) in [5.74, 6) is 0.102. The van der Waals surface area contributed by atoms with Crippen LogP contribution < -0.4 is 14.4 Å². The molecule has 2 N–H and O–H groups in total. The summed E-state index contributed by atoms with van der Waals surface area (Å²) in [7, 11) is -3.89. The fourth-order valence-corrected chi connectivity index (χ4v) is 4.88. The first-order valence-corrected chi connectivity index (χ1v) is 11.3. The number of hydrogen-bond acceptors (Lipinski definition) is 6. The number of aromatic hydroxyl groups is 1. The fraction of sp³-hybridized carbons (Fsp3) is 0.0417. The summed E-state index contributed by atoms with van der Waals surface area (Å²) in [6, 6.07) is 27.8. The Kier molecular flexibility index (Phi) is 6.20. The molecule has 4 rings (SSSR count). The van der Waals surface area contributed by atoms with Crippen molar-refractivity contribution in [1.82, 2.24) is 4.98 Å². The first-order chi connectivity index (χ1) is 15.1. The van der Waals surface area contributed by atoms with Crippen molar-refractivity contribution in [3.8, 4) is 17.2 Å². The average Bonchev–Trinajstić information content (AvgIpc) is 2.80. The van der Waals surface area contributed by atoms with Gasteiger partial charge >= 0.3 is 7.60 Å². The summed E-state index contributed by atoms with van der Waals surface area (Å²) < 4.78 is 26.4. The van der Waals surface area contributed by atoms with Gasteiger partial charge in [-0.05, 0) is 54.6 Å².